The van der Waals surface area contributed by atoms with Gasteiger partial charge in [-0.3, -0.25) is 0 Å². The van der Waals surface area contributed by atoms with E-state index in [0.717, 1.165) is 10.2 Å². The standard InChI is InChI=1S/C21H18BrIN2O3S2/c1-2-27-13-28-16-9-10-17-18(12-16)30-21(24-17)25-20(26)14-5-7-15(8-6-14)23(22)19-4-3-11-29-19/h3-12H,2,13H2,1H3,(H,24,25,26). The van der Waals surface area contributed by atoms with Crippen LogP contribution in [0.2, 0.25) is 0 Å². The van der Waals surface area contributed by atoms with Crippen LogP contribution in [0.1, 0.15) is 17.3 Å². The molecule has 5 nitrogen and oxygen atoms in total. The van der Waals surface area contributed by atoms with Crippen LogP contribution >= 0.6 is 53.0 Å². The first kappa shape index (κ1) is 21.7. The molecule has 2 aromatic heterocycles. The second-order valence-corrected chi connectivity index (χ2v) is 16.5. The normalized spacial score (nSPS) is 11.5. The van der Waals surface area contributed by atoms with Gasteiger partial charge in [-0.25, -0.2) is 0 Å². The van der Waals surface area contributed by atoms with E-state index < -0.39 is 17.6 Å². The van der Waals surface area contributed by atoms with Crippen molar-refractivity contribution < 1.29 is 14.3 Å². The molecule has 0 bridgehead atoms. The van der Waals surface area contributed by atoms with Gasteiger partial charge in [0.1, 0.15) is 0 Å². The molecule has 0 saturated heterocycles. The molecule has 0 aliphatic heterocycles. The summed E-state index contributed by atoms with van der Waals surface area (Å²) >= 11 is 5.51. The van der Waals surface area contributed by atoms with Crippen LogP contribution in [-0.4, -0.2) is 24.3 Å². The molecule has 1 N–H and O–H groups in total. The Balaban J connectivity index is 1.43. The maximum absolute atomic E-state index is 12.7. The van der Waals surface area contributed by atoms with Crippen LogP contribution in [0.3, 0.4) is 0 Å². The van der Waals surface area contributed by atoms with E-state index in [2.05, 4.69) is 40.5 Å². The molecule has 0 spiro atoms. The second kappa shape index (κ2) is 10.2. The van der Waals surface area contributed by atoms with Crippen LogP contribution < -0.4 is 10.1 Å². The third kappa shape index (κ3) is 5.20. The molecule has 2 aromatic carbocycles. The Morgan fingerprint density at radius 2 is 2.03 bits per heavy atom. The van der Waals surface area contributed by atoms with Gasteiger partial charge in [-0.2, -0.15) is 0 Å². The van der Waals surface area contributed by atoms with E-state index in [9.17, 15) is 4.79 Å². The van der Waals surface area contributed by atoms with Crippen LogP contribution in [0.4, 0.5) is 5.13 Å². The number of fused-ring (bicyclic) bond motifs is 1. The molecule has 30 heavy (non-hydrogen) atoms. The average Bonchev–Trinajstić information content (AvgIpc) is 3.43. The van der Waals surface area contributed by atoms with Crippen molar-refractivity contribution in [1.29, 1.82) is 0 Å². The van der Waals surface area contributed by atoms with Crippen LogP contribution in [0, 0.1) is 6.45 Å². The second-order valence-electron chi connectivity index (χ2n) is 6.02. The first-order valence-corrected chi connectivity index (χ1v) is 17.8. The molecule has 0 aliphatic rings. The van der Waals surface area contributed by atoms with E-state index in [0.29, 0.717) is 23.1 Å². The van der Waals surface area contributed by atoms with Crippen molar-refractivity contribution in [2.24, 2.45) is 0 Å². The predicted molar refractivity (Wildman–Crippen MR) is 136 cm³/mol. The van der Waals surface area contributed by atoms with Gasteiger partial charge in [0, 0.05) is 6.61 Å². The van der Waals surface area contributed by atoms with Gasteiger partial charge < -0.3 is 4.74 Å². The van der Waals surface area contributed by atoms with E-state index >= 15 is 0 Å². The summed E-state index contributed by atoms with van der Waals surface area (Å²) in [5, 5.41) is 5.56. The van der Waals surface area contributed by atoms with Crippen LogP contribution in [0.5, 0.6) is 5.75 Å². The Labute approximate surface area is 195 Å². The SMILES string of the molecule is CCOCOc1ccc2nc(NC(=O)c3ccc(I(Br)c4cccs4)cc3)sc2c1. The monoisotopic (exact) mass is 616 g/mol. The summed E-state index contributed by atoms with van der Waals surface area (Å²) in [7, 11) is 0. The number of carbonyl (C=O) groups excluding carboxylic acids is 1. The number of hydrogen-bond acceptors (Lipinski definition) is 6. The third-order valence-corrected chi connectivity index (χ3v) is 16.4. The van der Waals surface area contributed by atoms with Gasteiger partial charge >= 0.3 is 172 Å². The third-order valence-electron chi connectivity index (χ3n) is 4.04. The van der Waals surface area contributed by atoms with E-state index in [-0.39, 0.29) is 12.7 Å². The number of rotatable bonds is 8. The van der Waals surface area contributed by atoms with Crippen molar-refractivity contribution in [2.45, 2.75) is 6.92 Å². The Bertz CT molecular complexity index is 1130. The zero-order valence-electron chi connectivity index (χ0n) is 15.9. The number of ether oxygens (including phenoxy) is 2. The number of aromatic nitrogens is 1. The predicted octanol–water partition coefficient (Wildman–Crippen LogP) is 6.84. The first-order valence-electron chi connectivity index (χ1n) is 9.06. The fraction of sp³-hybridized carbons (Fsp3) is 0.143. The van der Waals surface area contributed by atoms with E-state index in [1.807, 2.05) is 49.4 Å². The maximum atomic E-state index is 12.7. The number of hydrogen-bond donors (Lipinski definition) is 1. The number of nitrogens with zero attached hydrogens (tertiary/aromatic N) is 1. The minimum atomic E-state index is -1.55. The molecule has 4 rings (SSSR count). The van der Waals surface area contributed by atoms with Crippen LogP contribution in [0.25, 0.3) is 10.2 Å². The van der Waals surface area contributed by atoms with Crippen molar-refractivity contribution in [2.75, 3.05) is 18.7 Å². The molecule has 0 radical (unpaired) electrons. The fourth-order valence-corrected chi connectivity index (χ4v) is 11.3. The van der Waals surface area contributed by atoms with Gasteiger partial charge in [0.25, 0.3) is 0 Å². The van der Waals surface area contributed by atoms with Gasteiger partial charge in [-0.05, 0) is 6.92 Å². The number of anilines is 1. The van der Waals surface area contributed by atoms with E-state index in [1.165, 1.54) is 17.8 Å². The van der Waals surface area contributed by atoms with Gasteiger partial charge in [0.05, 0.1) is 0 Å². The van der Waals surface area contributed by atoms with E-state index in [1.54, 1.807) is 11.3 Å². The molecule has 0 fully saturated rings. The first-order chi connectivity index (χ1) is 14.6. The Morgan fingerprint density at radius 1 is 1.20 bits per heavy atom. The number of thiazole rings is 1. The molecule has 0 atom stereocenters. The molecule has 156 valence electrons. The molecule has 1 amide bonds. The summed E-state index contributed by atoms with van der Waals surface area (Å²) in [6.45, 7) is 2.74. The topological polar surface area (TPSA) is 60.5 Å². The van der Waals surface area contributed by atoms with Crippen molar-refractivity contribution >= 4 is 74.2 Å². The number of thiophene rings is 1. The van der Waals surface area contributed by atoms with Gasteiger partial charge in [0.15, 0.2) is 6.79 Å². The Hall–Kier alpha value is -1.53. The number of carbonyl (C=O) groups is 1. The van der Waals surface area contributed by atoms with Crippen molar-refractivity contribution in [3.8, 4) is 5.75 Å². The number of benzene rings is 2. The minimum absolute atomic E-state index is 0.167. The Kier molecular flexibility index (Phi) is 7.37. The zero-order chi connectivity index (χ0) is 20.9. The van der Waals surface area contributed by atoms with Crippen molar-refractivity contribution in [1.82, 2.24) is 4.98 Å². The number of halogens is 2. The molecule has 0 saturated carbocycles. The quantitative estimate of drug-likeness (QED) is 0.134. The number of nitrogens with one attached hydrogen (secondary N) is 1. The summed E-state index contributed by atoms with van der Waals surface area (Å²) in [5.41, 5.74) is 1.43. The van der Waals surface area contributed by atoms with Gasteiger partial charge in [0.2, 0.25) is 0 Å². The molecule has 9 heteroatoms. The summed E-state index contributed by atoms with van der Waals surface area (Å²) < 4.78 is 14.3. The summed E-state index contributed by atoms with van der Waals surface area (Å²) in [4.78, 5) is 17.2. The Morgan fingerprint density at radius 3 is 2.77 bits per heavy atom. The molecule has 0 unspecified atom stereocenters. The molecule has 2 heterocycles. The van der Waals surface area contributed by atoms with Gasteiger partial charge in [-0.15, -0.1) is 0 Å². The van der Waals surface area contributed by atoms with Crippen LogP contribution in [-0.2, 0) is 4.74 Å². The molecule has 0 aliphatic carbocycles. The zero-order valence-corrected chi connectivity index (χ0v) is 21.3. The summed E-state index contributed by atoms with van der Waals surface area (Å²) in [5.74, 6) is 0.548. The average molecular weight is 617 g/mol. The summed E-state index contributed by atoms with van der Waals surface area (Å²) in [6, 6.07) is 17.7. The molecular weight excluding hydrogens is 599 g/mol. The van der Waals surface area contributed by atoms with Gasteiger partial charge in [-0.1, -0.05) is 0 Å². The van der Waals surface area contributed by atoms with Crippen molar-refractivity contribution in [3.63, 3.8) is 0 Å². The van der Waals surface area contributed by atoms with Crippen LogP contribution in [0.15, 0.2) is 60.0 Å². The summed E-state index contributed by atoms with van der Waals surface area (Å²) in [6.07, 6.45) is 0. The number of amides is 1. The van der Waals surface area contributed by atoms with E-state index in [4.69, 9.17) is 9.47 Å². The fourth-order valence-electron chi connectivity index (χ4n) is 2.58. The molecule has 4 aromatic rings. The molecular formula is C21H18BrIN2O3S2. The van der Waals surface area contributed by atoms with Crippen molar-refractivity contribution in [3.05, 3.63) is 72.0 Å².